The van der Waals surface area contributed by atoms with Crippen LogP contribution in [0.1, 0.15) is 30.6 Å². The highest BCUT2D eigenvalue weighted by molar-refractivity contribution is 9.10. The summed E-state index contributed by atoms with van der Waals surface area (Å²) < 4.78 is 0.848. The quantitative estimate of drug-likeness (QED) is 0.905. The monoisotopic (exact) mass is 289 g/mol. The average molecular weight is 291 g/mol. The molecule has 0 aliphatic carbocycles. The van der Waals surface area contributed by atoms with Crippen molar-refractivity contribution in [2.75, 3.05) is 0 Å². The Kier molecular flexibility index (Phi) is 4.61. The third kappa shape index (κ3) is 3.50. The summed E-state index contributed by atoms with van der Waals surface area (Å²) in [6.07, 6.45) is 0.900. The molecule has 4 heteroatoms. The zero-order valence-electron chi connectivity index (χ0n) is 8.68. The van der Waals surface area contributed by atoms with Gasteiger partial charge in [0.15, 0.2) is 0 Å². The summed E-state index contributed by atoms with van der Waals surface area (Å²) in [5, 5.41) is 3.34. The summed E-state index contributed by atoms with van der Waals surface area (Å²) >= 11 is 9.25. The van der Waals surface area contributed by atoms with E-state index in [1.54, 1.807) is 12.1 Å². The van der Waals surface area contributed by atoms with Crippen LogP contribution in [0.15, 0.2) is 22.7 Å². The highest BCUT2D eigenvalue weighted by Crippen LogP contribution is 2.20. The Morgan fingerprint density at radius 3 is 2.87 bits per heavy atom. The number of hydrogen-bond donors (Lipinski definition) is 1. The smallest absolute Gasteiger partial charge is 0.253 e. The lowest BCUT2D eigenvalue weighted by atomic mass is 10.2. The van der Waals surface area contributed by atoms with Crippen molar-refractivity contribution in [3.63, 3.8) is 0 Å². The lowest BCUT2D eigenvalue weighted by molar-refractivity contribution is 0.0939. The molecule has 2 nitrogen and oxygen atoms in total. The van der Waals surface area contributed by atoms with Gasteiger partial charge in [0, 0.05) is 10.5 Å². The summed E-state index contributed by atoms with van der Waals surface area (Å²) in [6, 6.07) is 5.40. The molecule has 0 unspecified atom stereocenters. The topological polar surface area (TPSA) is 29.1 Å². The van der Waals surface area contributed by atoms with Gasteiger partial charge in [-0.2, -0.15) is 0 Å². The van der Waals surface area contributed by atoms with Gasteiger partial charge >= 0.3 is 0 Å². The summed E-state index contributed by atoms with van der Waals surface area (Å²) in [5.74, 6) is -0.129. The first-order chi connectivity index (χ1) is 7.04. The van der Waals surface area contributed by atoms with Gasteiger partial charge in [-0.25, -0.2) is 0 Å². The molecule has 0 spiro atoms. The predicted molar refractivity (Wildman–Crippen MR) is 66.4 cm³/mol. The number of carbonyl (C=O) groups is 1. The minimum Gasteiger partial charge on any atom is -0.350 e. The molecule has 1 N–H and O–H groups in total. The number of amides is 1. The van der Waals surface area contributed by atoms with Crippen LogP contribution in [-0.4, -0.2) is 11.9 Å². The van der Waals surface area contributed by atoms with Crippen molar-refractivity contribution in [1.29, 1.82) is 0 Å². The fraction of sp³-hybridized carbons (Fsp3) is 0.364. The van der Waals surface area contributed by atoms with Crippen molar-refractivity contribution < 1.29 is 4.79 Å². The lowest BCUT2D eigenvalue weighted by Gasteiger charge is -2.12. The van der Waals surface area contributed by atoms with Gasteiger partial charge in [0.2, 0.25) is 0 Å². The van der Waals surface area contributed by atoms with Crippen molar-refractivity contribution in [3.8, 4) is 0 Å². The number of hydrogen-bond acceptors (Lipinski definition) is 1. The van der Waals surface area contributed by atoms with Crippen molar-refractivity contribution in [1.82, 2.24) is 5.32 Å². The Morgan fingerprint density at radius 1 is 1.60 bits per heavy atom. The van der Waals surface area contributed by atoms with Crippen LogP contribution in [0.25, 0.3) is 0 Å². The second-order valence-corrected chi connectivity index (χ2v) is 4.73. The summed E-state index contributed by atoms with van der Waals surface area (Å²) in [4.78, 5) is 11.8. The molecule has 0 heterocycles. The van der Waals surface area contributed by atoms with Crippen LogP contribution in [0.2, 0.25) is 5.02 Å². The van der Waals surface area contributed by atoms with Crippen molar-refractivity contribution in [3.05, 3.63) is 33.3 Å². The van der Waals surface area contributed by atoms with Gasteiger partial charge in [-0.05, 0) is 31.5 Å². The first kappa shape index (κ1) is 12.5. The minimum absolute atomic E-state index is 0.129. The summed E-state index contributed by atoms with van der Waals surface area (Å²) in [5.41, 5.74) is 0.506. The van der Waals surface area contributed by atoms with Crippen LogP contribution in [0.3, 0.4) is 0 Å². The standard InChI is InChI=1S/C11H13BrClNO/c1-3-7(2)14-11(15)9-6-8(12)4-5-10(9)13/h4-7H,3H2,1-2H3,(H,14,15)/t7-/m1/s1. The zero-order valence-corrected chi connectivity index (χ0v) is 11.0. The van der Waals surface area contributed by atoms with E-state index in [1.807, 2.05) is 19.9 Å². The van der Waals surface area contributed by atoms with Gasteiger partial charge in [0.05, 0.1) is 10.6 Å². The van der Waals surface area contributed by atoms with Crippen LogP contribution >= 0.6 is 27.5 Å². The molecule has 0 saturated carbocycles. The fourth-order valence-electron chi connectivity index (χ4n) is 1.08. The number of halogens is 2. The first-order valence-electron chi connectivity index (χ1n) is 4.80. The molecule has 1 aromatic carbocycles. The molecule has 0 fully saturated rings. The van der Waals surface area contributed by atoms with E-state index in [4.69, 9.17) is 11.6 Å². The van der Waals surface area contributed by atoms with E-state index >= 15 is 0 Å². The summed E-state index contributed by atoms with van der Waals surface area (Å²) in [6.45, 7) is 3.98. The first-order valence-corrected chi connectivity index (χ1v) is 5.97. The molecule has 0 bridgehead atoms. The molecule has 0 aromatic heterocycles. The molecule has 15 heavy (non-hydrogen) atoms. The van der Waals surface area contributed by atoms with Crippen molar-refractivity contribution in [2.45, 2.75) is 26.3 Å². The van der Waals surface area contributed by atoms with E-state index in [0.29, 0.717) is 10.6 Å². The van der Waals surface area contributed by atoms with E-state index in [-0.39, 0.29) is 11.9 Å². The highest BCUT2D eigenvalue weighted by atomic mass is 79.9. The number of rotatable bonds is 3. The van der Waals surface area contributed by atoms with E-state index in [0.717, 1.165) is 10.9 Å². The largest absolute Gasteiger partial charge is 0.350 e. The molecule has 0 aliphatic rings. The zero-order chi connectivity index (χ0) is 11.4. The molecular weight excluding hydrogens is 277 g/mol. The Hall–Kier alpha value is -0.540. The Labute approximate surface area is 103 Å². The van der Waals surface area contributed by atoms with Crippen molar-refractivity contribution in [2.24, 2.45) is 0 Å². The molecule has 1 aromatic rings. The second-order valence-electron chi connectivity index (χ2n) is 3.41. The fourth-order valence-corrected chi connectivity index (χ4v) is 1.64. The molecule has 1 atom stereocenters. The molecule has 0 saturated heterocycles. The molecule has 1 amide bonds. The van der Waals surface area contributed by atoms with Crippen LogP contribution in [-0.2, 0) is 0 Å². The SMILES string of the molecule is CC[C@@H](C)NC(=O)c1cc(Br)ccc1Cl. The third-order valence-electron chi connectivity index (χ3n) is 2.16. The van der Waals surface area contributed by atoms with Crippen molar-refractivity contribution >= 4 is 33.4 Å². The Bertz CT molecular complexity index is 368. The molecule has 1 rings (SSSR count). The van der Waals surface area contributed by atoms with Gasteiger partial charge < -0.3 is 5.32 Å². The van der Waals surface area contributed by atoms with Gasteiger partial charge in [0.1, 0.15) is 0 Å². The van der Waals surface area contributed by atoms with Crippen LogP contribution in [0, 0.1) is 0 Å². The molecule has 82 valence electrons. The third-order valence-corrected chi connectivity index (χ3v) is 2.99. The Balaban J connectivity index is 2.86. The maximum Gasteiger partial charge on any atom is 0.253 e. The van der Waals surface area contributed by atoms with E-state index in [1.165, 1.54) is 0 Å². The maximum absolute atomic E-state index is 11.8. The van der Waals surface area contributed by atoms with Gasteiger partial charge in [-0.3, -0.25) is 4.79 Å². The number of carbonyl (C=O) groups excluding carboxylic acids is 1. The van der Waals surface area contributed by atoms with Gasteiger partial charge in [-0.1, -0.05) is 34.5 Å². The molecule has 0 radical (unpaired) electrons. The highest BCUT2D eigenvalue weighted by Gasteiger charge is 2.12. The predicted octanol–water partition coefficient (Wildman–Crippen LogP) is 3.63. The van der Waals surface area contributed by atoms with E-state index in [9.17, 15) is 4.79 Å². The van der Waals surface area contributed by atoms with E-state index in [2.05, 4.69) is 21.2 Å². The Morgan fingerprint density at radius 2 is 2.27 bits per heavy atom. The average Bonchev–Trinajstić information content (AvgIpc) is 2.21. The minimum atomic E-state index is -0.129. The summed E-state index contributed by atoms with van der Waals surface area (Å²) in [7, 11) is 0. The maximum atomic E-state index is 11.8. The number of benzene rings is 1. The van der Waals surface area contributed by atoms with Crippen LogP contribution in [0.5, 0.6) is 0 Å². The van der Waals surface area contributed by atoms with E-state index < -0.39 is 0 Å². The van der Waals surface area contributed by atoms with Gasteiger partial charge in [0.25, 0.3) is 5.91 Å². The second kappa shape index (κ2) is 5.52. The normalized spacial score (nSPS) is 12.3. The van der Waals surface area contributed by atoms with Crippen LogP contribution in [0.4, 0.5) is 0 Å². The lowest BCUT2D eigenvalue weighted by Crippen LogP contribution is -2.32. The van der Waals surface area contributed by atoms with Gasteiger partial charge in [-0.15, -0.1) is 0 Å². The molecule has 0 aliphatic heterocycles. The van der Waals surface area contributed by atoms with Crippen LogP contribution < -0.4 is 5.32 Å². The molecular formula is C11H13BrClNO. The number of nitrogens with one attached hydrogen (secondary N) is 1.